The first kappa shape index (κ1) is 22.3. The van der Waals surface area contributed by atoms with Crippen molar-refractivity contribution < 1.29 is 33.7 Å². The van der Waals surface area contributed by atoms with E-state index in [-0.39, 0.29) is 49.3 Å². The summed E-state index contributed by atoms with van der Waals surface area (Å²) in [4.78, 5) is 47.1. The summed E-state index contributed by atoms with van der Waals surface area (Å²) in [5.74, 6) is 0.308. The molecule has 4 rings (SSSR count). The summed E-state index contributed by atoms with van der Waals surface area (Å²) in [6.07, 6.45) is 0.472. The summed E-state index contributed by atoms with van der Waals surface area (Å²) in [6.45, 7) is 7.35. The van der Waals surface area contributed by atoms with E-state index < -0.39 is 25.9 Å². The predicted molar refractivity (Wildman–Crippen MR) is 115 cm³/mol. The molecule has 3 heterocycles. The van der Waals surface area contributed by atoms with Gasteiger partial charge in [0.2, 0.25) is 5.82 Å². The molecule has 13 heteroatoms. The van der Waals surface area contributed by atoms with E-state index in [1.165, 1.54) is 16.0 Å². The Kier molecular flexibility index (Phi) is 5.71. The number of aromatic nitrogens is 2. The Bertz CT molecular complexity index is 931. The van der Waals surface area contributed by atoms with Gasteiger partial charge in [0.1, 0.15) is 12.3 Å². The Balaban J connectivity index is 1.45. The highest BCUT2D eigenvalue weighted by atomic mass is 28.3. The maximum atomic E-state index is 12.5. The van der Waals surface area contributed by atoms with Gasteiger partial charge in [-0.25, -0.2) is 19.6 Å². The molecular formula is C19H27N5O7Si. The lowest BCUT2D eigenvalue weighted by molar-refractivity contribution is -0.122. The Morgan fingerprint density at radius 3 is 2.81 bits per heavy atom. The molecule has 0 atom stereocenters. The van der Waals surface area contributed by atoms with Gasteiger partial charge in [0, 0.05) is 33.6 Å². The van der Waals surface area contributed by atoms with Crippen molar-refractivity contribution >= 4 is 37.8 Å². The van der Waals surface area contributed by atoms with E-state index in [0.717, 1.165) is 6.04 Å². The van der Waals surface area contributed by atoms with E-state index in [4.69, 9.17) is 19.3 Å². The summed E-state index contributed by atoms with van der Waals surface area (Å²) in [5.41, 5.74) is -0.756. The lowest BCUT2D eigenvalue weighted by Gasteiger charge is -2.42. The van der Waals surface area contributed by atoms with Crippen LogP contribution < -0.4 is 19.9 Å². The molecular weight excluding hydrogens is 438 g/mol. The molecule has 0 radical (unpaired) electrons. The minimum absolute atomic E-state index is 0.0225. The zero-order valence-corrected chi connectivity index (χ0v) is 19.3. The van der Waals surface area contributed by atoms with Crippen LogP contribution in [0.25, 0.3) is 0 Å². The largest absolute Gasteiger partial charge is 0.465 e. The number of anilines is 2. The second-order valence-electron chi connectivity index (χ2n) is 9.51. The van der Waals surface area contributed by atoms with Gasteiger partial charge in [-0.2, -0.15) is 0 Å². The molecule has 0 unspecified atom stereocenters. The van der Waals surface area contributed by atoms with E-state index in [1.807, 2.05) is 0 Å². The summed E-state index contributed by atoms with van der Waals surface area (Å²) in [7, 11) is -1.27. The summed E-state index contributed by atoms with van der Waals surface area (Å²) in [6, 6.07) is 0.702. The molecule has 1 saturated carbocycles. The minimum Gasteiger partial charge on any atom is -0.465 e. The molecule has 1 aliphatic carbocycles. The van der Waals surface area contributed by atoms with Crippen LogP contribution in [-0.4, -0.2) is 79.4 Å². The van der Waals surface area contributed by atoms with Crippen molar-refractivity contribution in [3.05, 3.63) is 6.20 Å². The van der Waals surface area contributed by atoms with Crippen LogP contribution in [0.4, 0.5) is 21.2 Å². The number of carbonyl (C=O) groups is 3. The third-order valence-corrected chi connectivity index (χ3v) is 7.33. The van der Waals surface area contributed by atoms with E-state index in [1.54, 1.807) is 0 Å². The van der Waals surface area contributed by atoms with Crippen LogP contribution >= 0.6 is 0 Å². The van der Waals surface area contributed by atoms with Crippen LogP contribution in [-0.2, 0) is 14.3 Å². The number of fused-ring (bicyclic) bond motifs is 1. The Hall–Kier alpha value is -2.93. The van der Waals surface area contributed by atoms with Crippen molar-refractivity contribution in [3.8, 4) is 5.88 Å². The fraction of sp³-hybridized carbons (Fsp3) is 0.632. The van der Waals surface area contributed by atoms with Gasteiger partial charge < -0.3 is 24.6 Å². The van der Waals surface area contributed by atoms with Gasteiger partial charge in [-0.15, -0.1) is 0 Å². The van der Waals surface area contributed by atoms with Crippen molar-refractivity contribution in [3.63, 3.8) is 0 Å². The van der Waals surface area contributed by atoms with Gasteiger partial charge in [0.15, 0.2) is 12.4 Å². The molecule has 12 nitrogen and oxygen atoms in total. The average Bonchev–Trinajstić information content (AvgIpc) is 3.02. The van der Waals surface area contributed by atoms with E-state index in [0.29, 0.717) is 19.4 Å². The maximum absolute atomic E-state index is 12.5. The third-order valence-electron chi connectivity index (χ3n) is 5.63. The molecule has 2 aliphatic heterocycles. The van der Waals surface area contributed by atoms with Crippen molar-refractivity contribution in [1.29, 1.82) is 0 Å². The van der Waals surface area contributed by atoms with Crippen LogP contribution in [0.2, 0.25) is 25.7 Å². The summed E-state index contributed by atoms with van der Waals surface area (Å²) >= 11 is 0. The molecule has 1 spiro atoms. The van der Waals surface area contributed by atoms with Crippen LogP contribution in [0.5, 0.6) is 5.88 Å². The minimum atomic E-state index is -1.27. The number of hydrogen-bond acceptors (Lipinski definition) is 8. The van der Waals surface area contributed by atoms with Crippen LogP contribution in [0.15, 0.2) is 6.20 Å². The molecule has 174 valence electrons. The first-order valence-electron chi connectivity index (χ1n) is 10.4. The van der Waals surface area contributed by atoms with Gasteiger partial charge in [-0.05, 0) is 6.04 Å². The number of carbonyl (C=O) groups excluding carboxylic acids is 2. The monoisotopic (exact) mass is 465 g/mol. The number of hydrogen-bond donors (Lipinski definition) is 2. The fourth-order valence-corrected chi connectivity index (χ4v) is 4.64. The molecule has 1 saturated heterocycles. The number of ether oxygens (including phenoxy) is 3. The number of rotatable bonds is 7. The highest BCUT2D eigenvalue weighted by Gasteiger charge is 2.55. The molecule has 2 fully saturated rings. The van der Waals surface area contributed by atoms with E-state index >= 15 is 0 Å². The Labute approximate surface area is 185 Å². The highest BCUT2D eigenvalue weighted by molar-refractivity contribution is 6.76. The van der Waals surface area contributed by atoms with E-state index in [2.05, 4.69) is 34.9 Å². The van der Waals surface area contributed by atoms with Crippen molar-refractivity contribution in [2.24, 2.45) is 0 Å². The lowest BCUT2D eigenvalue weighted by Crippen LogP contribution is -2.56. The molecule has 3 aliphatic rings. The normalized spacial score (nSPS) is 24.7. The quantitative estimate of drug-likeness (QED) is 0.453. The molecule has 1 aromatic heterocycles. The number of amides is 3. The SMILES string of the molecule is C[Si](C)(C)CCOCN1C(=O)COc2ncc(N3CC4(CC(NC(=O)O)C4)OC3=O)nc21. The Morgan fingerprint density at radius 1 is 1.38 bits per heavy atom. The molecule has 0 bridgehead atoms. The molecule has 1 aromatic rings. The summed E-state index contributed by atoms with van der Waals surface area (Å²) < 4.78 is 16.6. The van der Waals surface area contributed by atoms with Gasteiger partial charge in [-0.3, -0.25) is 14.6 Å². The average molecular weight is 466 g/mol. The van der Waals surface area contributed by atoms with Gasteiger partial charge in [-0.1, -0.05) is 19.6 Å². The van der Waals surface area contributed by atoms with Crippen molar-refractivity contribution in [1.82, 2.24) is 15.3 Å². The van der Waals surface area contributed by atoms with Gasteiger partial charge in [0.25, 0.3) is 11.8 Å². The molecule has 2 N–H and O–H groups in total. The third kappa shape index (κ3) is 4.62. The first-order valence-corrected chi connectivity index (χ1v) is 14.1. The van der Waals surface area contributed by atoms with E-state index in [9.17, 15) is 14.4 Å². The fourth-order valence-electron chi connectivity index (χ4n) is 3.89. The lowest BCUT2D eigenvalue weighted by atomic mass is 9.75. The Morgan fingerprint density at radius 2 is 2.12 bits per heavy atom. The zero-order valence-electron chi connectivity index (χ0n) is 18.3. The predicted octanol–water partition coefficient (Wildman–Crippen LogP) is 1.64. The number of nitrogens with zero attached hydrogens (tertiary/aromatic N) is 4. The molecule has 3 amide bonds. The van der Waals surface area contributed by atoms with Crippen LogP contribution in [0.1, 0.15) is 12.8 Å². The van der Waals surface area contributed by atoms with Crippen LogP contribution in [0, 0.1) is 0 Å². The van der Waals surface area contributed by atoms with Crippen LogP contribution in [0.3, 0.4) is 0 Å². The van der Waals surface area contributed by atoms with Gasteiger partial charge in [0.05, 0.1) is 12.7 Å². The van der Waals surface area contributed by atoms with Gasteiger partial charge >= 0.3 is 12.2 Å². The first-order chi connectivity index (χ1) is 15.1. The van der Waals surface area contributed by atoms with Crippen molar-refractivity contribution in [2.75, 3.05) is 36.3 Å². The standard InChI is InChI=1S/C19H27N5O7Si/c1-32(2,3)5-4-29-11-24-14(25)9-30-16-15(24)22-13(8-20-16)23-10-19(31-18(23)28)6-12(7-19)21-17(26)27/h8,12,21H,4-7,9-11H2,1-3H3,(H,26,27). The highest BCUT2D eigenvalue weighted by Crippen LogP contribution is 2.42. The smallest absolute Gasteiger partial charge is 0.416 e. The second-order valence-corrected chi connectivity index (χ2v) is 15.1. The topological polar surface area (TPSA) is 143 Å². The second kappa shape index (κ2) is 8.20. The maximum Gasteiger partial charge on any atom is 0.416 e. The molecule has 0 aromatic carbocycles. The number of carboxylic acid groups (broad SMARTS) is 1. The zero-order chi connectivity index (χ0) is 23.1. The molecule has 32 heavy (non-hydrogen) atoms. The van der Waals surface area contributed by atoms with Crippen molar-refractivity contribution in [2.45, 2.75) is 50.2 Å². The summed E-state index contributed by atoms with van der Waals surface area (Å²) in [5, 5.41) is 11.2. The number of nitrogens with one attached hydrogen (secondary N) is 1.